The molecular weight excluding hydrogens is 392 g/mol. The lowest BCUT2D eigenvalue weighted by Crippen LogP contribution is -2.36. The fourth-order valence-electron chi connectivity index (χ4n) is 3.28. The van der Waals surface area contributed by atoms with Crippen LogP contribution in [0.3, 0.4) is 0 Å². The van der Waals surface area contributed by atoms with Gasteiger partial charge < -0.3 is 4.74 Å². The zero-order valence-corrected chi connectivity index (χ0v) is 17.3. The van der Waals surface area contributed by atoms with E-state index in [4.69, 9.17) is 8.92 Å². The first-order chi connectivity index (χ1) is 13.6. The van der Waals surface area contributed by atoms with E-state index in [1.165, 1.54) is 10.6 Å². The maximum absolute atomic E-state index is 12.9. The molecule has 8 heteroatoms. The second-order valence-electron chi connectivity index (χ2n) is 7.32. The summed E-state index contributed by atoms with van der Waals surface area (Å²) >= 11 is 0. The fraction of sp³-hybridized carbons (Fsp3) is 0.333. The van der Waals surface area contributed by atoms with Gasteiger partial charge in [0.2, 0.25) is 0 Å². The minimum absolute atomic E-state index is 0.0601. The number of aryl methyl sites for hydroxylation is 1. The number of ether oxygens (including phenoxy) is 1. The van der Waals surface area contributed by atoms with Crippen molar-refractivity contribution in [2.45, 2.75) is 32.3 Å². The second-order valence-corrected chi connectivity index (χ2v) is 8.96. The predicted octanol–water partition coefficient (Wildman–Crippen LogP) is 2.71. The second kappa shape index (κ2) is 7.85. The number of hydrogen-bond acceptors (Lipinski definition) is 6. The lowest BCUT2D eigenvalue weighted by atomic mass is 9.90. The van der Waals surface area contributed by atoms with Crippen molar-refractivity contribution in [3.63, 3.8) is 0 Å². The van der Waals surface area contributed by atoms with E-state index in [1.807, 2.05) is 24.3 Å². The van der Waals surface area contributed by atoms with Gasteiger partial charge in [0.1, 0.15) is 17.4 Å². The Bertz CT molecular complexity index is 1170. The lowest BCUT2D eigenvalue weighted by Gasteiger charge is -2.34. The largest absolute Gasteiger partial charge is 0.482 e. The summed E-state index contributed by atoms with van der Waals surface area (Å²) < 4.78 is 34.2. The molecule has 0 spiro atoms. The molecule has 0 aliphatic carbocycles. The topological polar surface area (TPSA) is 98.4 Å². The Morgan fingerprint density at radius 1 is 1.24 bits per heavy atom. The van der Waals surface area contributed by atoms with E-state index < -0.39 is 15.7 Å². The zero-order valence-electron chi connectivity index (χ0n) is 16.5. The summed E-state index contributed by atoms with van der Waals surface area (Å²) in [6, 6.07) is 12.8. The van der Waals surface area contributed by atoms with Crippen LogP contribution in [-0.4, -0.2) is 31.4 Å². The molecule has 1 aromatic heterocycles. The van der Waals surface area contributed by atoms with Crippen molar-refractivity contribution >= 4 is 15.8 Å². The summed E-state index contributed by atoms with van der Waals surface area (Å²) in [4.78, 5) is 12.9. The summed E-state index contributed by atoms with van der Waals surface area (Å²) in [7, 11) is -3.47. The molecule has 3 rings (SSSR count). The molecule has 7 nitrogen and oxygen atoms in total. The van der Waals surface area contributed by atoms with Crippen LogP contribution in [0.2, 0.25) is 0 Å². The van der Waals surface area contributed by atoms with Crippen LogP contribution in [-0.2, 0) is 20.7 Å². The number of para-hydroxylation sites is 1. The van der Waals surface area contributed by atoms with Crippen molar-refractivity contribution in [1.82, 2.24) is 4.57 Å². The minimum atomic E-state index is -3.47. The van der Waals surface area contributed by atoms with E-state index in [2.05, 4.69) is 6.07 Å². The van der Waals surface area contributed by atoms with Gasteiger partial charge in [-0.05, 0) is 50.5 Å². The smallest absolute Gasteiger partial charge is 0.264 e. The number of pyridine rings is 1. The molecule has 0 bridgehead atoms. The molecule has 0 N–H and O–H groups in total. The predicted molar refractivity (Wildman–Crippen MR) is 109 cm³/mol. The van der Waals surface area contributed by atoms with Crippen LogP contribution < -0.4 is 10.3 Å². The van der Waals surface area contributed by atoms with Crippen molar-refractivity contribution in [2.24, 2.45) is 0 Å². The fourth-order valence-corrected chi connectivity index (χ4v) is 3.70. The van der Waals surface area contributed by atoms with Gasteiger partial charge in [0.05, 0.1) is 24.1 Å². The molecule has 2 heterocycles. The number of benzene rings is 1. The number of aromatic nitrogens is 1. The van der Waals surface area contributed by atoms with Crippen molar-refractivity contribution < 1.29 is 17.3 Å². The van der Waals surface area contributed by atoms with Crippen LogP contribution in [0.4, 0.5) is 0 Å². The van der Waals surface area contributed by atoms with Gasteiger partial charge in [-0.1, -0.05) is 12.1 Å². The van der Waals surface area contributed by atoms with Gasteiger partial charge in [-0.2, -0.15) is 13.7 Å². The number of nitriles is 1. The Morgan fingerprint density at radius 3 is 2.62 bits per heavy atom. The van der Waals surface area contributed by atoms with Crippen LogP contribution in [0.15, 0.2) is 53.0 Å². The van der Waals surface area contributed by atoms with Gasteiger partial charge in [0.15, 0.2) is 0 Å². The van der Waals surface area contributed by atoms with E-state index in [0.717, 1.165) is 11.8 Å². The van der Waals surface area contributed by atoms with Gasteiger partial charge in [-0.25, -0.2) is 0 Å². The highest BCUT2D eigenvalue weighted by molar-refractivity contribution is 7.85. The van der Waals surface area contributed by atoms with E-state index in [1.54, 1.807) is 26.1 Å². The van der Waals surface area contributed by atoms with Gasteiger partial charge in [-0.3, -0.25) is 13.5 Å². The first-order valence-corrected chi connectivity index (χ1v) is 10.9. The quantitative estimate of drug-likeness (QED) is 0.532. The SMILES string of the molecule is CC1(C)Oc2ccccc2C(n2ccc(CCCOS(C)(=O)=O)cc2=O)=C1C#N. The van der Waals surface area contributed by atoms with E-state index >= 15 is 0 Å². The highest BCUT2D eigenvalue weighted by Gasteiger charge is 2.36. The molecule has 0 atom stereocenters. The highest BCUT2D eigenvalue weighted by atomic mass is 32.2. The molecule has 152 valence electrons. The zero-order chi connectivity index (χ0) is 21.2. The molecule has 1 aromatic carbocycles. The first kappa shape index (κ1) is 20.8. The number of rotatable bonds is 6. The van der Waals surface area contributed by atoms with Gasteiger partial charge in [0, 0.05) is 17.8 Å². The Balaban J connectivity index is 1.96. The van der Waals surface area contributed by atoms with Crippen molar-refractivity contribution in [3.8, 4) is 11.8 Å². The molecule has 0 radical (unpaired) electrons. The first-order valence-electron chi connectivity index (χ1n) is 9.12. The molecule has 29 heavy (non-hydrogen) atoms. The summed E-state index contributed by atoms with van der Waals surface area (Å²) in [5.41, 5.74) is 1.17. The lowest BCUT2D eigenvalue weighted by molar-refractivity contribution is 0.148. The molecule has 0 unspecified atom stereocenters. The Hall–Kier alpha value is -2.89. The van der Waals surface area contributed by atoms with Crippen molar-refractivity contribution in [3.05, 3.63) is 69.6 Å². The number of nitrogens with zero attached hydrogens (tertiary/aromatic N) is 2. The Kier molecular flexibility index (Phi) is 5.64. The normalized spacial score (nSPS) is 15.4. The van der Waals surface area contributed by atoms with Gasteiger partial charge in [-0.15, -0.1) is 0 Å². The van der Waals surface area contributed by atoms with Crippen molar-refractivity contribution in [2.75, 3.05) is 12.9 Å². The van der Waals surface area contributed by atoms with Crippen LogP contribution in [0.5, 0.6) is 5.75 Å². The molecule has 1 aliphatic rings. The maximum Gasteiger partial charge on any atom is 0.264 e. The third-order valence-corrected chi connectivity index (χ3v) is 5.18. The highest BCUT2D eigenvalue weighted by Crippen LogP contribution is 2.40. The number of hydrogen-bond donors (Lipinski definition) is 0. The summed E-state index contributed by atoms with van der Waals surface area (Å²) in [6.07, 6.45) is 3.61. The third kappa shape index (κ3) is 4.58. The van der Waals surface area contributed by atoms with Crippen LogP contribution in [0, 0.1) is 11.3 Å². The van der Waals surface area contributed by atoms with Crippen LogP contribution in [0.25, 0.3) is 5.70 Å². The molecule has 0 saturated heterocycles. The maximum atomic E-state index is 12.9. The Morgan fingerprint density at radius 2 is 1.97 bits per heavy atom. The van der Waals surface area contributed by atoms with E-state index in [-0.39, 0.29) is 12.2 Å². The van der Waals surface area contributed by atoms with Crippen molar-refractivity contribution in [1.29, 1.82) is 5.26 Å². The molecule has 1 aliphatic heterocycles. The molecular formula is C21H22N2O5S. The summed E-state index contributed by atoms with van der Waals surface area (Å²) in [6.45, 7) is 3.65. The summed E-state index contributed by atoms with van der Waals surface area (Å²) in [5, 5.41) is 9.77. The summed E-state index contributed by atoms with van der Waals surface area (Å²) in [5.74, 6) is 0.611. The van der Waals surface area contributed by atoms with E-state index in [0.29, 0.717) is 35.4 Å². The minimum Gasteiger partial charge on any atom is -0.482 e. The monoisotopic (exact) mass is 414 g/mol. The molecule has 0 fully saturated rings. The van der Waals surface area contributed by atoms with Gasteiger partial charge >= 0.3 is 0 Å². The van der Waals surface area contributed by atoms with Crippen LogP contribution in [0.1, 0.15) is 31.4 Å². The van der Waals surface area contributed by atoms with Crippen LogP contribution >= 0.6 is 0 Å². The third-order valence-electron chi connectivity index (χ3n) is 4.59. The molecule has 0 amide bonds. The standard InChI is InChI=1S/C21H22N2O5S/c1-21(2)17(14-22)20(16-8-4-5-9-18(16)28-21)23-11-10-15(13-19(23)24)7-6-12-27-29(3,25)26/h4-5,8-11,13H,6-7,12H2,1-3H3. The molecule has 2 aromatic rings. The van der Waals surface area contributed by atoms with E-state index in [9.17, 15) is 18.5 Å². The molecule has 0 saturated carbocycles. The Labute approximate surface area is 169 Å². The van der Waals surface area contributed by atoms with Gasteiger partial charge in [0.25, 0.3) is 15.7 Å². The number of fused-ring (bicyclic) bond motifs is 1. The average molecular weight is 414 g/mol. The average Bonchev–Trinajstić information content (AvgIpc) is 2.63.